The van der Waals surface area contributed by atoms with Gasteiger partial charge < -0.3 is 14.2 Å². The van der Waals surface area contributed by atoms with Crippen LogP contribution in [0.5, 0.6) is 5.88 Å². The van der Waals surface area contributed by atoms with E-state index in [0.717, 1.165) is 41.8 Å². The molecule has 0 radical (unpaired) electrons. The number of fused-ring (bicyclic) bond motifs is 1. The van der Waals surface area contributed by atoms with Gasteiger partial charge in [-0.2, -0.15) is 0 Å². The van der Waals surface area contributed by atoms with Crippen LogP contribution in [-0.4, -0.2) is 44.5 Å². The maximum atomic E-state index is 12.6. The molecule has 0 aromatic carbocycles. The van der Waals surface area contributed by atoms with Crippen molar-refractivity contribution in [1.29, 1.82) is 0 Å². The molecule has 0 N–H and O–H groups in total. The van der Waals surface area contributed by atoms with Gasteiger partial charge in [0.25, 0.3) is 5.91 Å². The van der Waals surface area contributed by atoms with E-state index in [0.29, 0.717) is 11.9 Å². The number of carbonyl (C=O) groups excluding carboxylic acids is 1. The molecule has 1 amide bonds. The highest BCUT2D eigenvalue weighted by Crippen LogP contribution is 2.37. The number of rotatable bonds is 4. The summed E-state index contributed by atoms with van der Waals surface area (Å²) in [7, 11) is 0. The lowest BCUT2D eigenvalue weighted by Gasteiger charge is -2.31. The van der Waals surface area contributed by atoms with Crippen LogP contribution in [0.2, 0.25) is 0 Å². The Hall–Kier alpha value is -2.41. The molecule has 0 bridgehead atoms. The summed E-state index contributed by atoms with van der Waals surface area (Å²) in [6.45, 7) is 5.80. The van der Waals surface area contributed by atoms with Crippen molar-refractivity contribution in [2.75, 3.05) is 13.1 Å². The zero-order chi connectivity index (χ0) is 21.4. The number of hydrogen-bond donors (Lipinski definition) is 0. The number of likely N-dealkylation sites (tertiary alicyclic amines) is 1. The van der Waals surface area contributed by atoms with Crippen molar-refractivity contribution >= 4 is 28.3 Å². The summed E-state index contributed by atoms with van der Waals surface area (Å²) in [5.74, 6) is 0.831. The van der Waals surface area contributed by atoms with Gasteiger partial charge in [0.2, 0.25) is 5.88 Å². The lowest BCUT2D eigenvalue weighted by molar-refractivity contribution is 0.0595. The van der Waals surface area contributed by atoms with Gasteiger partial charge in [0.1, 0.15) is 18.1 Å². The molecule has 0 spiro atoms. The molecule has 5 rings (SSSR count). The van der Waals surface area contributed by atoms with E-state index in [1.165, 1.54) is 54.7 Å². The summed E-state index contributed by atoms with van der Waals surface area (Å²) in [6, 6.07) is 4.35. The molecule has 3 aromatic rings. The minimum Gasteiger partial charge on any atom is -0.474 e. The highest BCUT2D eigenvalue weighted by molar-refractivity contribution is 7.12. The standard InChI is InChI=1S/C24H30N4O2S/c1-16-17(2)28(18-7-4-3-5-8-18)22-21(16)23(26-15-25-22)30-19-10-12-27(13-11-19)24(29)20-9-6-14-31-20/h6,9,14-15,18-19H,3-5,7-8,10-13H2,1-2H3. The van der Waals surface area contributed by atoms with Crippen molar-refractivity contribution in [3.63, 3.8) is 0 Å². The molecule has 0 unspecified atom stereocenters. The topological polar surface area (TPSA) is 60.2 Å². The third-order valence-electron chi connectivity index (χ3n) is 6.98. The molecule has 1 saturated carbocycles. The highest BCUT2D eigenvalue weighted by atomic mass is 32.1. The maximum absolute atomic E-state index is 12.6. The predicted octanol–water partition coefficient (Wildman–Crippen LogP) is 5.30. The summed E-state index contributed by atoms with van der Waals surface area (Å²) >= 11 is 1.50. The first kappa shape index (κ1) is 20.5. The molecule has 4 heterocycles. The molecule has 2 fully saturated rings. The Labute approximate surface area is 187 Å². The second-order valence-corrected chi connectivity index (χ2v) is 9.78. The zero-order valence-electron chi connectivity index (χ0n) is 18.3. The van der Waals surface area contributed by atoms with Gasteiger partial charge in [-0.05, 0) is 43.7 Å². The van der Waals surface area contributed by atoms with Gasteiger partial charge in [0, 0.05) is 37.7 Å². The van der Waals surface area contributed by atoms with Crippen LogP contribution in [0.1, 0.15) is 71.9 Å². The number of thiophene rings is 1. The van der Waals surface area contributed by atoms with Crippen molar-refractivity contribution in [1.82, 2.24) is 19.4 Å². The summed E-state index contributed by atoms with van der Waals surface area (Å²) < 4.78 is 8.86. The van der Waals surface area contributed by atoms with Crippen LogP contribution in [0.4, 0.5) is 0 Å². The lowest BCUT2D eigenvalue weighted by Crippen LogP contribution is -2.41. The fraction of sp³-hybridized carbons (Fsp3) is 0.542. The quantitative estimate of drug-likeness (QED) is 0.555. The van der Waals surface area contributed by atoms with E-state index >= 15 is 0 Å². The van der Waals surface area contributed by atoms with Crippen molar-refractivity contribution in [2.24, 2.45) is 0 Å². The van der Waals surface area contributed by atoms with Gasteiger partial charge in [-0.15, -0.1) is 11.3 Å². The van der Waals surface area contributed by atoms with Gasteiger partial charge >= 0.3 is 0 Å². The average molecular weight is 439 g/mol. The van der Waals surface area contributed by atoms with E-state index in [1.54, 1.807) is 6.33 Å². The first-order valence-corrected chi connectivity index (χ1v) is 12.3. The van der Waals surface area contributed by atoms with Crippen LogP contribution < -0.4 is 4.74 Å². The molecule has 6 nitrogen and oxygen atoms in total. The highest BCUT2D eigenvalue weighted by Gasteiger charge is 2.28. The number of ether oxygens (including phenoxy) is 1. The van der Waals surface area contributed by atoms with Gasteiger partial charge in [-0.25, -0.2) is 9.97 Å². The fourth-order valence-corrected chi connectivity index (χ4v) is 5.85. The van der Waals surface area contributed by atoms with Crippen molar-refractivity contribution in [2.45, 2.75) is 70.9 Å². The molecular weight excluding hydrogens is 408 g/mol. The second kappa shape index (κ2) is 8.61. The van der Waals surface area contributed by atoms with Crippen LogP contribution in [0.3, 0.4) is 0 Å². The molecule has 1 saturated heterocycles. The van der Waals surface area contributed by atoms with Crippen LogP contribution >= 0.6 is 11.3 Å². The van der Waals surface area contributed by atoms with Crippen LogP contribution in [0, 0.1) is 13.8 Å². The number of hydrogen-bond acceptors (Lipinski definition) is 5. The van der Waals surface area contributed by atoms with E-state index in [9.17, 15) is 4.79 Å². The Bertz CT molecular complexity index is 1060. The summed E-state index contributed by atoms with van der Waals surface area (Å²) in [5.41, 5.74) is 3.52. The molecule has 7 heteroatoms. The number of carbonyl (C=O) groups is 1. The molecule has 2 aliphatic rings. The molecule has 164 valence electrons. The number of aromatic nitrogens is 3. The smallest absolute Gasteiger partial charge is 0.263 e. The first-order valence-electron chi connectivity index (χ1n) is 11.4. The molecule has 1 aliphatic carbocycles. The van der Waals surface area contributed by atoms with E-state index in [4.69, 9.17) is 4.74 Å². The fourth-order valence-electron chi connectivity index (χ4n) is 5.16. The zero-order valence-corrected chi connectivity index (χ0v) is 19.2. The predicted molar refractivity (Wildman–Crippen MR) is 123 cm³/mol. The average Bonchev–Trinajstić information content (AvgIpc) is 3.42. The third-order valence-corrected chi connectivity index (χ3v) is 7.84. The number of amides is 1. The number of nitrogens with zero attached hydrogens (tertiary/aromatic N) is 4. The van der Waals surface area contributed by atoms with E-state index in [2.05, 4.69) is 28.4 Å². The first-order chi connectivity index (χ1) is 15.1. The van der Waals surface area contributed by atoms with Gasteiger partial charge in [0.05, 0.1) is 10.3 Å². The van der Waals surface area contributed by atoms with E-state index in [1.807, 2.05) is 22.4 Å². The van der Waals surface area contributed by atoms with Crippen LogP contribution in [-0.2, 0) is 0 Å². The van der Waals surface area contributed by atoms with Gasteiger partial charge in [0.15, 0.2) is 0 Å². The monoisotopic (exact) mass is 438 g/mol. The Morgan fingerprint density at radius 2 is 1.87 bits per heavy atom. The van der Waals surface area contributed by atoms with Crippen LogP contribution in [0.25, 0.3) is 11.0 Å². The molecule has 1 aliphatic heterocycles. The SMILES string of the molecule is Cc1c(C)n(C2CCCCC2)c2ncnc(OC3CCN(C(=O)c4cccs4)CC3)c12. The van der Waals surface area contributed by atoms with Gasteiger partial charge in [-0.3, -0.25) is 4.79 Å². The van der Waals surface area contributed by atoms with E-state index < -0.39 is 0 Å². The molecule has 31 heavy (non-hydrogen) atoms. The van der Waals surface area contributed by atoms with E-state index in [-0.39, 0.29) is 12.0 Å². The third kappa shape index (κ3) is 3.84. The Kier molecular flexibility index (Phi) is 5.69. The van der Waals surface area contributed by atoms with Crippen molar-refractivity contribution < 1.29 is 9.53 Å². The molecule has 3 aromatic heterocycles. The molecular formula is C24H30N4O2S. The second-order valence-electron chi connectivity index (χ2n) is 8.84. The largest absolute Gasteiger partial charge is 0.474 e. The van der Waals surface area contributed by atoms with Crippen molar-refractivity contribution in [3.05, 3.63) is 40.0 Å². The molecule has 0 atom stereocenters. The normalized spacial score (nSPS) is 18.6. The Morgan fingerprint density at radius 1 is 1.10 bits per heavy atom. The summed E-state index contributed by atoms with van der Waals surface area (Å²) in [6.07, 6.45) is 9.73. The Morgan fingerprint density at radius 3 is 2.58 bits per heavy atom. The summed E-state index contributed by atoms with van der Waals surface area (Å²) in [5, 5.41) is 3.01. The number of piperidine rings is 1. The van der Waals surface area contributed by atoms with Crippen molar-refractivity contribution in [3.8, 4) is 5.88 Å². The Balaban J connectivity index is 1.34. The van der Waals surface area contributed by atoms with Crippen LogP contribution in [0.15, 0.2) is 23.8 Å². The minimum absolute atomic E-state index is 0.0724. The lowest BCUT2D eigenvalue weighted by atomic mass is 9.95. The maximum Gasteiger partial charge on any atom is 0.263 e. The summed E-state index contributed by atoms with van der Waals surface area (Å²) in [4.78, 5) is 24.6. The minimum atomic E-state index is 0.0724. The van der Waals surface area contributed by atoms with Gasteiger partial charge in [-0.1, -0.05) is 25.3 Å². The number of aryl methyl sites for hydroxylation is 1.